The minimum Gasteiger partial charge on any atom is -0.115 e. The van der Waals surface area contributed by atoms with Gasteiger partial charge in [0.2, 0.25) is 0 Å². The maximum Gasteiger partial charge on any atom is 0.0413 e. The van der Waals surface area contributed by atoms with Gasteiger partial charge in [0.05, 0.1) is 0 Å². The topological polar surface area (TPSA) is 0 Å². The van der Waals surface area contributed by atoms with Crippen LogP contribution in [0.4, 0.5) is 0 Å². The molecule has 0 N–H and O–H groups in total. The lowest BCUT2D eigenvalue weighted by atomic mass is 10.0. The van der Waals surface area contributed by atoms with Crippen LogP contribution in [0.1, 0.15) is 16.7 Å². The quantitative estimate of drug-likeness (QED) is 0.592. The van der Waals surface area contributed by atoms with Crippen molar-refractivity contribution in [2.75, 3.05) is 0 Å². The van der Waals surface area contributed by atoms with Crippen molar-refractivity contribution in [3.63, 3.8) is 0 Å². The van der Waals surface area contributed by atoms with E-state index in [4.69, 9.17) is 18.0 Å². The van der Waals surface area contributed by atoms with E-state index in [1.807, 2.05) is 18.2 Å². The summed E-state index contributed by atoms with van der Waals surface area (Å²) >= 11 is 7.82. The second-order valence-electron chi connectivity index (χ2n) is 4.49. The summed E-state index contributed by atoms with van der Waals surface area (Å²) in [4.78, 5) is 2.37. The maximum absolute atomic E-state index is 6.08. The van der Waals surface area contributed by atoms with E-state index < -0.39 is 0 Å². The summed E-state index contributed by atoms with van der Waals surface area (Å²) in [6.07, 6.45) is 7.73. The van der Waals surface area contributed by atoms with Crippen molar-refractivity contribution in [3.8, 4) is 12.3 Å². The molecular weight excluding hydrogens is 272 g/mol. The molecule has 0 saturated heterocycles. The average molecular weight is 283 g/mol. The Hall–Kier alpha value is -1.62. The number of fused-ring (bicyclic) bond motifs is 2. The van der Waals surface area contributed by atoms with Crippen LogP contribution in [0.15, 0.2) is 46.2 Å². The van der Waals surface area contributed by atoms with Gasteiger partial charge in [-0.2, -0.15) is 0 Å². The fraction of sp³-hybridized carbons (Fsp3) is 0.0588. The number of allylic oxidation sites excluding steroid dienone is 1. The third-order valence-electron chi connectivity index (χ3n) is 3.07. The molecule has 2 aromatic rings. The Morgan fingerprint density at radius 2 is 1.89 bits per heavy atom. The zero-order valence-corrected chi connectivity index (χ0v) is 12.0. The fourth-order valence-corrected chi connectivity index (χ4v) is 3.34. The first-order valence-electron chi connectivity index (χ1n) is 5.94. The lowest BCUT2D eigenvalue weighted by Gasteiger charge is -2.07. The first-order valence-corrected chi connectivity index (χ1v) is 7.13. The molecule has 1 aliphatic heterocycles. The van der Waals surface area contributed by atoms with E-state index in [-0.39, 0.29) is 0 Å². The molecule has 92 valence electrons. The Morgan fingerprint density at radius 1 is 1.11 bits per heavy atom. The van der Waals surface area contributed by atoms with Gasteiger partial charge in [0.25, 0.3) is 0 Å². The maximum atomic E-state index is 6.08. The molecule has 0 aromatic heterocycles. The summed E-state index contributed by atoms with van der Waals surface area (Å²) in [5.74, 6) is 2.78. The Kier molecular flexibility index (Phi) is 3.14. The van der Waals surface area contributed by atoms with E-state index in [9.17, 15) is 0 Å². The predicted octanol–water partition coefficient (Wildman–Crippen LogP) is 5.29. The summed E-state index contributed by atoms with van der Waals surface area (Å²) in [7, 11) is 0. The largest absolute Gasteiger partial charge is 0.115 e. The molecule has 2 aromatic carbocycles. The molecule has 2 heteroatoms. The van der Waals surface area contributed by atoms with Crippen LogP contribution >= 0.6 is 23.4 Å². The molecule has 1 aliphatic rings. The summed E-state index contributed by atoms with van der Waals surface area (Å²) in [5.41, 5.74) is 4.32. The Bertz CT molecular complexity index is 735. The number of halogens is 1. The lowest BCUT2D eigenvalue weighted by molar-refractivity contribution is 1.34. The highest BCUT2D eigenvalue weighted by molar-refractivity contribution is 7.99. The Balaban J connectivity index is 2.28. The molecule has 0 bridgehead atoms. The van der Waals surface area contributed by atoms with Crippen molar-refractivity contribution in [3.05, 3.63) is 58.1 Å². The molecule has 0 radical (unpaired) electrons. The van der Waals surface area contributed by atoms with Crippen LogP contribution in [0.3, 0.4) is 0 Å². The highest BCUT2D eigenvalue weighted by Gasteiger charge is 2.15. The first-order chi connectivity index (χ1) is 9.17. The van der Waals surface area contributed by atoms with Crippen LogP contribution in [0.25, 0.3) is 11.6 Å². The molecule has 3 rings (SSSR count). The van der Waals surface area contributed by atoms with E-state index >= 15 is 0 Å². The summed E-state index contributed by atoms with van der Waals surface area (Å²) in [6.45, 7) is 2.09. The van der Waals surface area contributed by atoms with Gasteiger partial charge in [0, 0.05) is 26.0 Å². The van der Waals surface area contributed by atoms with E-state index in [1.165, 1.54) is 16.0 Å². The van der Waals surface area contributed by atoms with E-state index in [0.29, 0.717) is 5.02 Å². The second-order valence-corrected chi connectivity index (χ2v) is 6.01. The number of benzene rings is 2. The highest BCUT2D eigenvalue weighted by atomic mass is 35.5. The predicted molar refractivity (Wildman–Crippen MR) is 83.5 cm³/mol. The molecule has 19 heavy (non-hydrogen) atoms. The van der Waals surface area contributed by atoms with Gasteiger partial charge in [-0.15, -0.1) is 6.42 Å². The van der Waals surface area contributed by atoms with Gasteiger partial charge in [0.1, 0.15) is 0 Å². The Morgan fingerprint density at radius 3 is 2.68 bits per heavy atom. The number of hydrogen-bond donors (Lipinski definition) is 0. The van der Waals surface area contributed by atoms with Gasteiger partial charge in [-0.3, -0.25) is 0 Å². The standard InChI is InChI=1S/C17H11ClS/c1-3-12-9-13-8-11(2)4-6-16(13)19-17-7-5-14(18)10-15(12)17/h1,4-10H,2H3. The molecule has 0 amide bonds. The van der Waals surface area contributed by atoms with Crippen LogP contribution in [0.5, 0.6) is 0 Å². The zero-order valence-electron chi connectivity index (χ0n) is 10.4. The summed E-state index contributed by atoms with van der Waals surface area (Å²) in [5, 5.41) is 0.711. The number of rotatable bonds is 0. The smallest absolute Gasteiger partial charge is 0.0413 e. The van der Waals surface area contributed by atoms with Gasteiger partial charge >= 0.3 is 0 Å². The fourth-order valence-electron chi connectivity index (χ4n) is 2.15. The van der Waals surface area contributed by atoms with Gasteiger partial charge in [-0.25, -0.2) is 0 Å². The Labute approximate surface area is 122 Å². The third kappa shape index (κ3) is 2.30. The second kappa shape index (κ2) is 4.81. The van der Waals surface area contributed by atoms with Crippen molar-refractivity contribution in [2.24, 2.45) is 0 Å². The zero-order chi connectivity index (χ0) is 13.4. The molecule has 0 fully saturated rings. The van der Waals surface area contributed by atoms with Crippen LogP contribution in [0, 0.1) is 19.3 Å². The first kappa shape index (κ1) is 12.4. The molecule has 0 saturated carbocycles. The highest BCUT2D eigenvalue weighted by Crippen LogP contribution is 2.41. The minimum absolute atomic E-state index is 0.711. The van der Waals surface area contributed by atoms with Crippen molar-refractivity contribution >= 4 is 35.0 Å². The van der Waals surface area contributed by atoms with E-state index in [1.54, 1.807) is 11.8 Å². The van der Waals surface area contributed by atoms with E-state index in [0.717, 1.165) is 16.0 Å². The van der Waals surface area contributed by atoms with Crippen LogP contribution in [-0.2, 0) is 0 Å². The van der Waals surface area contributed by atoms with Crippen LogP contribution in [0.2, 0.25) is 5.02 Å². The molecule has 0 atom stereocenters. The van der Waals surface area contributed by atoms with Gasteiger partial charge in [-0.05, 0) is 42.8 Å². The lowest BCUT2D eigenvalue weighted by Crippen LogP contribution is -1.83. The van der Waals surface area contributed by atoms with E-state index in [2.05, 4.69) is 37.1 Å². The van der Waals surface area contributed by atoms with Crippen molar-refractivity contribution < 1.29 is 0 Å². The summed E-state index contributed by atoms with van der Waals surface area (Å²) in [6, 6.07) is 12.3. The number of hydrogen-bond acceptors (Lipinski definition) is 1. The minimum atomic E-state index is 0.711. The molecule has 1 heterocycles. The number of aryl methyl sites for hydroxylation is 1. The SMILES string of the molecule is C#CC1=Cc2cc(C)ccc2Sc2ccc(Cl)cc21. The molecule has 0 nitrogen and oxygen atoms in total. The summed E-state index contributed by atoms with van der Waals surface area (Å²) < 4.78 is 0. The van der Waals surface area contributed by atoms with Crippen molar-refractivity contribution in [2.45, 2.75) is 16.7 Å². The third-order valence-corrected chi connectivity index (χ3v) is 4.48. The van der Waals surface area contributed by atoms with Crippen molar-refractivity contribution in [1.82, 2.24) is 0 Å². The van der Waals surface area contributed by atoms with Gasteiger partial charge < -0.3 is 0 Å². The molecule has 0 unspecified atom stereocenters. The molecular formula is C17H11ClS. The van der Waals surface area contributed by atoms with Crippen LogP contribution < -0.4 is 0 Å². The normalized spacial score (nSPS) is 12.8. The molecule has 0 aliphatic carbocycles. The average Bonchev–Trinajstić information content (AvgIpc) is 2.54. The molecule has 0 spiro atoms. The monoisotopic (exact) mass is 282 g/mol. The van der Waals surface area contributed by atoms with Gasteiger partial charge in [-0.1, -0.05) is 47.0 Å². The van der Waals surface area contributed by atoms with Gasteiger partial charge in [0.15, 0.2) is 0 Å². The van der Waals surface area contributed by atoms with Crippen LogP contribution in [-0.4, -0.2) is 0 Å². The van der Waals surface area contributed by atoms with Crippen molar-refractivity contribution in [1.29, 1.82) is 0 Å². The number of terminal acetylenes is 1.